The summed E-state index contributed by atoms with van der Waals surface area (Å²) in [5.74, 6) is 2.73. The number of nitrogens with zero attached hydrogens (tertiary/aromatic N) is 5. The number of benzene rings is 2. The van der Waals surface area contributed by atoms with Gasteiger partial charge in [0.1, 0.15) is 48.5 Å². The van der Waals surface area contributed by atoms with Crippen molar-refractivity contribution >= 4 is 41.5 Å². The minimum Gasteiger partial charge on any atom is -0.468 e. The summed E-state index contributed by atoms with van der Waals surface area (Å²) in [7, 11) is -0.816. The lowest BCUT2D eigenvalue weighted by molar-refractivity contribution is 0.00605. The monoisotopic (exact) mass is 797 g/mol. The number of aliphatic hydroxyl groups is 1. The second kappa shape index (κ2) is 15.8. The number of hydrogen-bond donors (Lipinski definition) is 1. The van der Waals surface area contributed by atoms with Gasteiger partial charge in [-0.2, -0.15) is 5.26 Å². The van der Waals surface area contributed by atoms with Crippen molar-refractivity contribution in [1.29, 1.82) is 5.26 Å². The molecule has 0 spiro atoms. The first-order chi connectivity index (χ1) is 26.8. The van der Waals surface area contributed by atoms with Crippen molar-refractivity contribution in [1.82, 2.24) is 14.9 Å². The summed E-state index contributed by atoms with van der Waals surface area (Å²) in [6.45, 7) is 20.5. The summed E-state index contributed by atoms with van der Waals surface area (Å²) in [6.07, 6.45) is 0.531. The highest BCUT2D eigenvalue weighted by atomic mass is 28.3. The van der Waals surface area contributed by atoms with E-state index in [-0.39, 0.29) is 47.8 Å². The molecule has 6 rings (SSSR count). The van der Waals surface area contributed by atoms with Crippen molar-refractivity contribution in [3.05, 3.63) is 58.9 Å². The number of fused-ring (bicyclic) bond motifs is 4. The van der Waals surface area contributed by atoms with Gasteiger partial charge in [0, 0.05) is 48.1 Å². The SMILES string of the molecule is COCOc1cc(-c2ncc3c(N4C[C@H]5C[C@@H](O)[C@@H](C4)N5C(=O)OC(C)(C)C)nc(C#N)c(C)c3c2F)c2c(C#C[Si](C(C)C)(C(C)C)C(C)C)c(F)ccc2c1. The van der Waals surface area contributed by atoms with E-state index in [0.29, 0.717) is 56.3 Å². The van der Waals surface area contributed by atoms with Gasteiger partial charge in [-0.05, 0) is 79.9 Å². The molecule has 4 heterocycles. The van der Waals surface area contributed by atoms with Crippen LogP contribution in [0, 0.1) is 41.4 Å². The largest absolute Gasteiger partial charge is 0.468 e. The first-order valence-electron chi connectivity index (χ1n) is 19.6. The number of methoxy groups -OCH3 is 1. The van der Waals surface area contributed by atoms with E-state index in [2.05, 4.69) is 59.1 Å². The lowest BCUT2D eigenvalue weighted by atomic mass is 9.94. The summed E-state index contributed by atoms with van der Waals surface area (Å²) in [5, 5.41) is 22.8. The maximum absolute atomic E-state index is 17.6. The molecule has 0 unspecified atom stereocenters. The Kier molecular flexibility index (Phi) is 11.6. The molecule has 4 aromatic rings. The molecule has 10 nitrogen and oxygen atoms in total. The summed E-state index contributed by atoms with van der Waals surface area (Å²) in [6, 6.07) is 7.48. The normalized spacial score (nSPS) is 18.4. The van der Waals surface area contributed by atoms with Crippen LogP contribution in [0.4, 0.5) is 19.4 Å². The lowest BCUT2D eigenvalue weighted by Crippen LogP contribution is -2.58. The van der Waals surface area contributed by atoms with Crippen molar-refractivity contribution in [3.8, 4) is 34.5 Å². The standard InChI is InChI=1S/C44H53F2N5O5Si/c1-24(2)57(25(3)4,26(5)6)15-14-31-34(45)13-12-28-16-30(55-23-54-11)18-32(39(28)31)41-40(46)38-27(7)35(19-47)49-42(33(38)20-48-41)50-21-29-17-37(52)36(22-50)51(29)43(53)56-44(8,9)10/h12-13,16,18,20,24-26,29,36-37,52H,17,21-23H2,1-11H3/t29-,36-,37-/m1/s1. The van der Waals surface area contributed by atoms with Gasteiger partial charge in [-0.3, -0.25) is 9.88 Å². The van der Waals surface area contributed by atoms with Gasteiger partial charge < -0.3 is 24.2 Å². The Bertz CT molecular complexity index is 2300. The van der Waals surface area contributed by atoms with E-state index < -0.39 is 49.6 Å². The van der Waals surface area contributed by atoms with Gasteiger partial charge in [-0.25, -0.2) is 18.6 Å². The number of aromatic nitrogens is 2. The summed E-state index contributed by atoms with van der Waals surface area (Å²) < 4.78 is 50.4. The average Bonchev–Trinajstić information content (AvgIpc) is 3.34. The Morgan fingerprint density at radius 1 is 1.07 bits per heavy atom. The topological polar surface area (TPSA) is 121 Å². The smallest absolute Gasteiger partial charge is 0.411 e. The fourth-order valence-electron chi connectivity index (χ4n) is 9.17. The molecule has 0 radical (unpaired) electrons. The molecule has 57 heavy (non-hydrogen) atoms. The number of rotatable bonds is 8. The number of halogens is 2. The third-order valence-electron chi connectivity index (χ3n) is 11.7. The second-order valence-electron chi connectivity index (χ2n) is 17.2. The second-order valence-corrected chi connectivity index (χ2v) is 22.8. The van der Waals surface area contributed by atoms with Gasteiger partial charge in [0.05, 0.1) is 23.8 Å². The van der Waals surface area contributed by atoms with Crippen LogP contribution in [0.5, 0.6) is 5.75 Å². The van der Waals surface area contributed by atoms with Gasteiger partial charge in [0.15, 0.2) is 12.6 Å². The van der Waals surface area contributed by atoms with Crippen LogP contribution in [0.2, 0.25) is 16.6 Å². The number of carbonyl (C=O) groups excluding carboxylic acids is 1. The van der Waals surface area contributed by atoms with E-state index in [1.165, 1.54) is 19.4 Å². The molecule has 2 saturated heterocycles. The molecule has 2 aromatic carbocycles. The van der Waals surface area contributed by atoms with Gasteiger partial charge in [-0.15, -0.1) is 5.54 Å². The molecule has 2 bridgehead atoms. The van der Waals surface area contributed by atoms with E-state index in [0.717, 1.165) is 0 Å². The predicted molar refractivity (Wildman–Crippen MR) is 221 cm³/mol. The number of amides is 1. The van der Waals surface area contributed by atoms with Crippen molar-refractivity contribution in [3.63, 3.8) is 0 Å². The first kappa shape index (κ1) is 41.8. The summed E-state index contributed by atoms with van der Waals surface area (Å²) in [5.41, 5.74) is 4.52. The number of anilines is 1. The Labute approximate surface area is 335 Å². The number of pyridine rings is 2. The van der Waals surface area contributed by atoms with Crippen molar-refractivity contribution in [2.45, 2.75) is 116 Å². The Hall–Kier alpha value is -4.82. The zero-order valence-electron chi connectivity index (χ0n) is 34.8. The zero-order valence-corrected chi connectivity index (χ0v) is 35.8. The highest BCUT2D eigenvalue weighted by molar-refractivity contribution is 6.90. The molecule has 1 amide bonds. The number of hydrogen-bond acceptors (Lipinski definition) is 9. The fourth-order valence-corrected chi connectivity index (χ4v) is 14.4. The van der Waals surface area contributed by atoms with E-state index in [1.54, 1.807) is 50.8 Å². The third-order valence-corrected chi connectivity index (χ3v) is 18.0. The molecule has 2 aliphatic rings. The van der Waals surface area contributed by atoms with Crippen LogP contribution in [0.25, 0.3) is 32.8 Å². The quantitative estimate of drug-likeness (QED) is 0.106. The number of ether oxygens (including phenoxy) is 3. The van der Waals surface area contributed by atoms with Crippen LogP contribution in [-0.4, -0.2) is 84.9 Å². The number of aliphatic hydroxyl groups excluding tert-OH is 1. The summed E-state index contributed by atoms with van der Waals surface area (Å²) in [4.78, 5) is 26.1. The molecule has 0 aliphatic carbocycles. The molecule has 302 valence electrons. The molecule has 2 aliphatic heterocycles. The number of aryl methyl sites for hydroxylation is 1. The number of nitriles is 1. The maximum Gasteiger partial charge on any atom is 0.411 e. The third kappa shape index (κ3) is 7.53. The molecule has 3 atom stereocenters. The number of carbonyl (C=O) groups is 1. The molecule has 0 saturated carbocycles. The van der Waals surface area contributed by atoms with Crippen LogP contribution >= 0.6 is 0 Å². The van der Waals surface area contributed by atoms with Crippen LogP contribution < -0.4 is 9.64 Å². The van der Waals surface area contributed by atoms with Crippen LogP contribution in [0.1, 0.15) is 85.6 Å². The van der Waals surface area contributed by atoms with Crippen molar-refractivity contribution in [2.75, 3.05) is 31.9 Å². The van der Waals surface area contributed by atoms with Gasteiger partial charge in [0.25, 0.3) is 0 Å². The average molecular weight is 798 g/mol. The molecular weight excluding hydrogens is 745 g/mol. The minimum absolute atomic E-state index is 0.0213. The number of piperazine rings is 1. The van der Waals surface area contributed by atoms with E-state index in [9.17, 15) is 15.2 Å². The van der Waals surface area contributed by atoms with E-state index in [1.807, 2.05) is 4.90 Å². The van der Waals surface area contributed by atoms with Gasteiger partial charge in [0.2, 0.25) is 0 Å². The summed E-state index contributed by atoms with van der Waals surface area (Å²) >= 11 is 0. The van der Waals surface area contributed by atoms with E-state index in [4.69, 9.17) is 24.2 Å². The van der Waals surface area contributed by atoms with Crippen LogP contribution in [0.3, 0.4) is 0 Å². The Morgan fingerprint density at radius 2 is 1.75 bits per heavy atom. The molecule has 1 N–H and O–H groups in total. The van der Waals surface area contributed by atoms with E-state index >= 15 is 8.78 Å². The van der Waals surface area contributed by atoms with Crippen LogP contribution in [0.15, 0.2) is 30.5 Å². The van der Waals surface area contributed by atoms with Gasteiger partial charge >= 0.3 is 6.09 Å². The highest BCUT2D eigenvalue weighted by Gasteiger charge is 2.50. The Morgan fingerprint density at radius 3 is 2.35 bits per heavy atom. The van der Waals surface area contributed by atoms with Gasteiger partial charge in [-0.1, -0.05) is 53.5 Å². The molecular formula is C44H53F2N5O5Si. The molecule has 13 heteroatoms. The Balaban J connectivity index is 1.56. The minimum atomic E-state index is -2.31. The molecule has 2 aromatic heterocycles. The van der Waals surface area contributed by atoms with Crippen molar-refractivity contribution < 1.29 is 32.9 Å². The highest BCUT2D eigenvalue weighted by Crippen LogP contribution is 2.44. The predicted octanol–water partition coefficient (Wildman–Crippen LogP) is 9.02. The first-order valence-corrected chi connectivity index (χ1v) is 21.8. The maximum atomic E-state index is 17.6. The fraction of sp³-hybridized carbons (Fsp3) is 0.500. The van der Waals surface area contributed by atoms with Crippen LogP contribution in [-0.2, 0) is 9.47 Å². The molecule has 2 fully saturated rings. The van der Waals surface area contributed by atoms with Crippen molar-refractivity contribution in [2.24, 2.45) is 0 Å². The zero-order chi connectivity index (χ0) is 41.7. The lowest BCUT2D eigenvalue weighted by Gasteiger charge is -2.42.